The van der Waals surface area contributed by atoms with Crippen LogP contribution in [0.4, 0.5) is 10.1 Å². The molecule has 1 N–H and O–H groups in total. The molecule has 1 atom stereocenters. The van der Waals surface area contributed by atoms with E-state index in [1.54, 1.807) is 43.4 Å². The zero-order valence-electron chi connectivity index (χ0n) is 16.0. The second-order valence-corrected chi connectivity index (χ2v) is 7.58. The molecule has 0 fully saturated rings. The standard InChI is InChI=1S/C23H20BrFN2O2/c1-15(27(2)23(29)20-12-11-18(24)14-21(20)25)17-9-6-10-19(13-17)26-22(28)16-7-4-3-5-8-16/h3-15H,1-2H3,(H,26,28)/t15-/m0/s1. The van der Waals surface area contributed by atoms with E-state index in [1.807, 2.05) is 31.2 Å². The number of halogens is 2. The Balaban J connectivity index is 1.77. The van der Waals surface area contributed by atoms with Crippen molar-refractivity contribution in [1.82, 2.24) is 4.90 Å². The lowest BCUT2D eigenvalue weighted by Crippen LogP contribution is -2.30. The highest BCUT2D eigenvalue weighted by Gasteiger charge is 2.22. The predicted molar refractivity (Wildman–Crippen MR) is 115 cm³/mol. The van der Waals surface area contributed by atoms with Crippen molar-refractivity contribution in [3.05, 3.63) is 99.8 Å². The lowest BCUT2D eigenvalue weighted by molar-refractivity contribution is 0.0737. The van der Waals surface area contributed by atoms with E-state index in [0.29, 0.717) is 15.7 Å². The summed E-state index contributed by atoms with van der Waals surface area (Å²) in [4.78, 5) is 26.6. The largest absolute Gasteiger partial charge is 0.335 e. The monoisotopic (exact) mass is 454 g/mol. The van der Waals surface area contributed by atoms with Crippen molar-refractivity contribution < 1.29 is 14.0 Å². The summed E-state index contributed by atoms with van der Waals surface area (Å²) in [5.41, 5.74) is 2.02. The number of carbonyl (C=O) groups is 2. The molecule has 0 aliphatic carbocycles. The van der Waals surface area contributed by atoms with Crippen LogP contribution < -0.4 is 5.32 Å². The molecule has 148 valence electrons. The van der Waals surface area contributed by atoms with Crippen LogP contribution in [0.1, 0.15) is 39.2 Å². The quantitative estimate of drug-likeness (QED) is 0.539. The van der Waals surface area contributed by atoms with Crippen molar-refractivity contribution in [2.45, 2.75) is 13.0 Å². The van der Waals surface area contributed by atoms with E-state index < -0.39 is 11.7 Å². The number of anilines is 1. The van der Waals surface area contributed by atoms with Crippen LogP contribution in [0.25, 0.3) is 0 Å². The SMILES string of the molecule is C[C@@H](c1cccc(NC(=O)c2ccccc2)c1)N(C)C(=O)c1ccc(Br)cc1F. The van der Waals surface area contributed by atoms with E-state index in [2.05, 4.69) is 21.2 Å². The van der Waals surface area contributed by atoms with Crippen LogP contribution in [0.2, 0.25) is 0 Å². The minimum atomic E-state index is -0.577. The van der Waals surface area contributed by atoms with Gasteiger partial charge in [-0.25, -0.2) is 4.39 Å². The Bertz CT molecular complexity index is 1040. The van der Waals surface area contributed by atoms with Crippen molar-refractivity contribution in [2.75, 3.05) is 12.4 Å². The molecule has 0 aliphatic heterocycles. The number of hydrogen-bond acceptors (Lipinski definition) is 2. The van der Waals surface area contributed by atoms with E-state index in [4.69, 9.17) is 0 Å². The van der Waals surface area contributed by atoms with Crippen LogP contribution >= 0.6 is 15.9 Å². The van der Waals surface area contributed by atoms with Gasteiger partial charge < -0.3 is 10.2 Å². The molecule has 0 bridgehead atoms. The number of nitrogens with zero attached hydrogens (tertiary/aromatic N) is 1. The van der Waals surface area contributed by atoms with Gasteiger partial charge in [0.1, 0.15) is 5.82 Å². The predicted octanol–water partition coefficient (Wildman–Crippen LogP) is 5.67. The third-order valence-corrected chi connectivity index (χ3v) is 5.22. The summed E-state index contributed by atoms with van der Waals surface area (Å²) in [5, 5.41) is 2.86. The molecule has 0 saturated heterocycles. The topological polar surface area (TPSA) is 49.4 Å². The smallest absolute Gasteiger partial charge is 0.257 e. The fourth-order valence-electron chi connectivity index (χ4n) is 2.92. The Labute approximate surface area is 177 Å². The molecular weight excluding hydrogens is 435 g/mol. The molecule has 29 heavy (non-hydrogen) atoms. The van der Waals surface area contributed by atoms with Crippen molar-refractivity contribution in [1.29, 1.82) is 0 Å². The Morgan fingerprint density at radius 3 is 2.41 bits per heavy atom. The zero-order valence-corrected chi connectivity index (χ0v) is 17.6. The van der Waals surface area contributed by atoms with Gasteiger partial charge in [0.05, 0.1) is 11.6 Å². The van der Waals surface area contributed by atoms with Crippen LogP contribution in [0.3, 0.4) is 0 Å². The normalized spacial score (nSPS) is 11.6. The maximum Gasteiger partial charge on any atom is 0.257 e. The summed E-state index contributed by atoms with van der Waals surface area (Å²) >= 11 is 3.19. The van der Waals surface area contributed by atoms with Crippen molar-refractivity contribution in [3.8, 4) is 0 Å². The summed E-state index contributed by atoms with van der Waals surface area (Å²) in [6.07, 6.45) is 0. The molecule has 6 heteroatoms. The average molecular weight is 455 g/mol. The highest BCUT2D eigenvalue weighted by atomic mass is 79.9. The first-order valence-electron chi connectivity index (χ1n) is 9.05. The number of benzene rings is 3. The molecule has 0 aliphatic rings. The molecule has 0 spiro atoms. The molecule has 3 aromatic carbocycles. The zero-order chi connectivity index (χ0) is 21.0. The Morgan fingerprint density at radius 1 is 1.00 bits per heavy atom. The van der Waals surface area contributed by atoms with Gasteiger partial charge in [0.2, 0.25) is 0 Å². The Hall–Kier alpha value is -2.99. The molecule has 0 aromatic heterocycles. The number of hydrogen-bond donors (Lipinski definition) is 1. The maximum atomic E-state index is 14.2. The Kier molecular flexibility index (Phi) is 6.44. The summed E-state index contributed by atoms with van der Waals surface area (Å²) in [6.45, 7) is 1.85. The lowest BCUT2D eigenvalue weighted by atomic mass is 10.0. The van der Waals surface area contributed by atoms with E-state index in [9.17, 15) is 14.0 Å². The van der Waals surface area contributed by atoms with E-state index in [-0.39, 0.29) is 17.5 Å². The number of amides is 2. The average Bonchev–Trinajstić information content (AvgIpc) is 2.73. The van der Waals surface area contributed by atoms with Crippen molar-refractivity contribution in [3.63, 3.8) is 0 Å². The molecule has 0 heterocycles. The number of carbonyl (C=O) groups excluding carboxylic acids is 2. The minimum absolute atomic E-state index is 0.0103. The van der Waals surface area contributed by atoms with Gasteiger partial charge in [-0.2, -0.15) is 0 Å². The molecule has 3 rings (SSSR count). The molecule has 0 saturated carbocycles. The van der Waals surface area contributed by atoms with Crippen LogP contribution in [-0.4, -0.2) is 23.8 Å². The fraction of sp³-hybridized carbons (Fsp3) is 0.130. The van der Waals surface area contributed by atoms with Gasteiger partial charge in [-0.1, -0.05) is 46.3 Å². The maximum absolute atomic E-state index is 14.2. The first-order valence-corrected chi connectivity index (χ1v) is 9.84. The molecule has 3 aromatic rings. The van der Waals surface area contributed by atoms with Crippen LogP contribution in [0, 0.1) is 5.82 Å². The van der Waals surface area contributed by atoms with E-state index in [1.165, 1.54) is 17.0 Å². The van der Waals surface area contributed by atoms with Gasteiger partial charge >= 0.3 is 0 Å². The molecular formula is C23H20BrFN2O2. The van der Waals surface area contributed by atoms with E-state index >= 15 is 0 Å². The third-order valence-electron chi connectivity index (χ3n) is 4.73. The molecule has 0 radical (unpaired) electrons. The highest BCUT2D eigenvalue weighted by molar-refractivity contribution is 9.10. The second kappa shape index (κ2) is 9.01. The van der Waals surface area contributed by atoms with Gasteiger partial charge in [-0.3, -0.25) is 9.59 Å². The lowest BCUT2D eigenvalue weighted by Gasteiger charge is -2.26. The summed E-state index contributed by atoms with van der Waals surface area (Å²) in [7, 11) is 1.63. The highest BCUT2D eigenvalue weighted by Crippen LogP contribution is 2.25. The van der Waals surface area contributed by atoms with E-state index in [0.717, 1.165) is 5.56 Å². The third kappa shape index (κ3) is 4.90. The number of nitrogens with one attached hydrogen (secondary N) is 1. The minimum Gasteiger partial charge on any atom is -0.335 e. The first-order chi connectivity index (χ1) is 13.9. The summed E-state index contributed by atoms with van der Waals surface area (Å²) in [5.74, 6) is -1.20. The molecule has 0 unspecified atom stereocenters. The number of rotatable bonds is 5. The first kappa shape index (κ1) is 20.7. The van der Waals surface area contributed by atoms with Gasteiger partial charge in [-0.05, 0) is 55.0 Å². The molecule has 4 nitrogen and oxygen atoms in total. The molecule has 2 amide bonds. The fourth-order valence-corrected chi connectivity index (χ4v) is 3.25. The summed E-state index contributed by atoms with van der Waals surface area (Å²) < 4.78 is 14.7. The van der Waals surface area contributed by atoms with Gasteiger partial charge in [0.25, 0.3) is 11.8 Å². The van der Waals surface area contributed by atoms with Crippen LogP contribution in [-0.2, 0) is 0 Å². The van der Waals surface area contributed by atoms with Gasteiger partial charge in [-0.15, -0.1) is 0 Å². The second-order valence-electron chi connectivity index (χ2n) is 6.66. The van der Waals surface area contributed by atoms with Crippen LogP contribution in [0.5, 0.6) is 0 Å². The Morgan fingerprint density at radius 2 is 1.72 bits per heavy atom. The van der Waals surface area contributed by atoms with Crippen molar-refractivity contribution >= 4 is 33.4 Å². The van der Waals surface area contributed by atoms with Gasteiger partial charge in [0, 0.05) is 22.8 Å². The van der Waals surface area contributed by atoms with Crippen molar-refractivity contribution in [2.24, 2.45) is 0 Å². The van der Waals surface area contributed by atoms with Crippen LogP contribution in [0.15, 0.2) is 77.3 Å². The summed E-state index contributed by atoms with van der Waals surface area (Å²) in [6, 6.07) is 20.2. The van der Waals surface area contributed by atoms with Gasteiger partial charge in [0.15, 0.2) is 0 Å².